The number of nitrogens with zero attached hydrogens (tertiary/aromatic N) is 1. The van der Waals surface area contributed by atoms with Crippen molar-refractivity contribution in [1.29, 1.82) is 0 Å². The molecular weight excluding hydrogens is 258 g/mol. The Hall–Kier alpha value is -1.64. The topological polar surface area (TPSA) is 12.5 Å². The summed E-state index contributed by atoms with van der Waals surface area (Å²) in [5.74, 6) is 0. The standard InChI is InChI=1S/C19H23NO/c1-15-4-3-5-19(14-15)18-8-6-17(7-9-18)16(2)20-10-12-21-13-11-20/h3-9,14,16H,10-13H2,1-2H3. The second-order valence-electron chi connectivity index (χ2n) is 5.82. The minimum absolute atomic E-state index is 0.459. The van der Waals surface area contributed by atoms with Gasteiger partial charge in [0.15, 0.2) is 0 Å². The summed E-state index contributed by atoms with van der Waals surface area (Å²) in [6.07, 6.45) is 0. The zero-order chi connectivity index (χ0) is 14.7. The van der Waals surface area contributed by atoms with Crippen LogP contribution in [0.1, 0.15) is 24.1 Å². The molecule has 1 unspecified atom stereocenters. The van der Waals surface area contributed by atoms with Crippen molar-refractivity contribution in [3.63, 3.8) is 0 Å². The molecule has 0 amide bonds. The summed E-state index contributed by atoms with van der Waals surface area (Å²) in [5, 5.41) is 0. The molecule has 3 rings (SSSR count). The van der Waals surface area contributed by atoms with Gasteiger partial charge in [0, 0.05) is 19.1 Å². The van der Waals surface area contributed by atoms with Gasteiger partial charge in [-0.2, -0.15) is 0 Å². The number of hydrogen-bond acceptors (Lipinski definition) is 2. The highest BCUT2D eigenvalue weighted by atomic mass is 16.5. The second kappa shape index (κ2) is 6.42. The van der Waals surface area contributed by atoms with Crippen LogP contribution in [-0.2, 0) is 4.74 Å². The minimum Gasteiger partial charge on any atom is -0.379 e. The lowest BCUT2D eigenvalue weighted by atomic mass is 9.99. The van der Waals surface area contributed by atoms with Gasteiger partial charge in [0.1, 0.15) is 0 Å². The first-order valence-electron chi connectivity index (χ1n) is 7.73. The SMILES string of the molecule is Cc1cccc(-c2ccc(C(C)N3CCOCC3)cc2)c1. The van der Waals surface area contributed by atoms with E-state index >= 15 is 0 Å². The van der Waals surface area contributed by atoms with E-state index < -0.39 is 0 Å². The highest BCUT2D eigenvalue weighted by Crippen LogP contribution is 2.25. The Balaban J connectivity index is 1.77. The third-order valence-electron chi connectivity index (χ3n) is 4.34. The predicted octanol–water partition coefficient (Wildman–Crippen LogP) is 4.06. The molecule has 0 spiro atoms. The van der Waals surface area contributed by atoms with Crippen molar-refractivity contribution in [1.82, 2.24) is 4.90 Å². The normalized spacial score (nSPS) is 17.6. The van der Waals surface area contributed by atoms with Gasteiger partial charge in [0.05, 0.1) is 13.2 Å². The van der Waals surface area contributed by atoms with Gasteiger partial charge in [-0.15, -0.1) is 0 Å². The van der Waals surface area contributed by atoms with E-state index in [0.717, 1.165) is 26.3 Å². The van der Waals surface area contributed by atoms with Crippen molar-refractivity contribution in [2.75, 3.05) is 26.3 Å². The Kier molecular flexibility index (Phi) is 4.37. The minimum atomic E-state index is 0.459. The molecule has 2 nitrogen and oxygen atoms in total. The number of benzene rings is 2. The molecule has 110 valence electrons. The lowest BCUT2D eigenvalue weighted by Gasteiger charge is -2.32. The van der Waals surface area contributed by atoms with Gasteiger partial charge in [-0.3, -0.25) is 4.90 Å². The highest BCUT2D eigenvalue weighted by Gasteiger charge is 2.18. The molecular formula is C19H23NO. The van der Waals surface area contributed by atoms with E-state index in [1.165, 1.54) is 22.3 Å². The van der Waals surface area contributed by atoms with Crippen LogP contribution in [0.25, 0.3) is 11.1 Å². The molecule has 1 aliphatic rings. The molecule has 2 heteroatoms. The summed E-state index contributed by atoms with van der Waals surface area (Å²) in [6.45, 7) is 8.18. The smallest absolute Gasteiger partial charge is 0.0594 e. The summed E-state index contributed by atoms with van der Waals surface area (Å²) in [4.78, 5) is 2.49. The molecule has 1 aliphatic heterocycles. The molecule has 2 aromatic carbocycles. The van der Waals surface area contributed by atoms with Crippen molar-refractivity contribution in [2.45, 2.75) is 19.9 Å². The van der Waals surface area contributed by atoms with E-state index in [1.54, 1.807) is 0 Å². The summed E-state index contributed by atoms with van der Waals surface area (Å²) >= 11 is 0. The van der Waals surface area contributed by atoms with E-state index in [1.807, 2.05) is 0 Å². The van der Waals surface area contributed by atoms with Crippen LogP contribution in [0, 0.1) is 6.92 Å². The van der Waals surface area contributed by atoms with Gasteiger partial charge in [-0.1, -0.05) is 54.1 Å². The highest BCUT2D eigenvalue weighted by molar-refractivity contribution is 5.64. The lowest BCUT2D eigenvalue weighted by Crippen LogP contribution is -2.37. The maximum absolute atomic E-state index is 5.43. The second-order valence-corrected chi connectivity index (χ2v) is 5.82. The first-order chi connectivity index (χ1) is 10.2. The lowest BCUT2D eigenvalue weighted by molar-refractivity contribution is 0.0198. The molecule has 1 heterocycles. The Morgan fingerprint density at radius 1 is 0.952 bits per heavy atom. The Morgan fingerprint density at radius 2 is 1.67 bits per heavy atom. The molecule has 0 saturated carbocycles. The maximum atomic E-state index is 5.43. The van der Waals surface area contributed by atoms with Crippen molar-refractivity contribution in [3.8, 4) is 11.1 Å². The first-order valence-corrected chi connectivity index (χ1v) is 7.73. The molecule has 21 heavy (non-hydrogen) atoms. The monoisotopic (exact) mass is 281 g/mol. The summed E-state index contributed by atoms with van der Waals surface area (Å²) < 4.78 is 5.43. The number of rotatable bonds is 3. The van der Waals surface area contributed by atoms with Crippen molar-refractivity contribution >= 4 is 0 Å². The maximum Gasteiger partial charge on any atom is 0.0594 e. The van der Waals surface area contributed by atoms with Gasteiger partial charge in [-0.25, -0.2) is 0 Å². The van der Waals surface area contributed by atoms with Crippen LogP contribution >= 0.6 is 0 Å². The number of ether oxygens (including phenoxy) is 1. The fraction of sp³-hybridized carbons (Fsp3) is 0.368. The van der Waals surface area contributed by atoms with Crippen LogP contribution in [0.2, 0.25) is 0 Å². The molecule has 1 saturated heterocycles. The average Bonchev–Trinajstić information content (AvgIpc) is 2.55. The van der Waals surface area contributed by atoms with Crippen LogP contribution in [0.15, 0.2) is 48.5 Å². The van der Waals surface area contributed by atoms with E-state index in [0.29, 0.717) is 6.04 Å². The van der Waals surface area contributed by atoms with Gasteiger partial charge < -0.3 is 4.74 Å². The van der Waals surface area contributed by atoms with Gasteiger partial charge in [0.2, 0.25) is 0 Å². The molecule has 1 atom stereocenters. The van der Waals surface area contributed by atoms with Crippen LogP contribution in [0.5, 0.6) is 0 Å². The molecule has 0 aromatic heterocycles. The molecule has 1 fully saturated rings. The van der Waals surface area contributed by atoms with Crippen LogP contribution in [0.4, 0.5) is 0 Å². The number of hydrogen-bond donors (Lipinski definition) is 0. The molecule has 0 bridgehead atoms. The third kappa shape index (κ3) is 3.34. The summed E-state index contributed by atoms with van der Waals surface area (Å²) in [5.41, 5.74) is 5.27. The number of morpholine rings is 1. The van der Waals surface area contributed by atoms with Gasteiger partial charge in [-0.05, 0) is 30.5 Å². The fourth-order valence-corrected chi connectivity index (χ4v) is 2.95. The van der Waals surface area contributed by atoms with E-state index in [9.17, 15) is 0 Å². The van der Waals surface area contributed by atoms with Crippen molar-refractivity contribution < 1.29 is 4.74 Å². The van der Waals surface area contributed by atoms with Gasteiger partial charge in [0.25, 0.3) is 0 Å². The molecule has 2 aromatic rings. The van der Waals surface area contributed by atoms with E-state index in [-0.39, 0.29) is 0 Å². The fourth-order valence-electron chi connectivity index (χ4n) is 2.95. The quantitative estimate of drug-likeness (QED) is 0.841. The van der Waals surface area contributed by atoms with Crippen LogP contribution in [-0.4, -0.2) is 31.2 Å². The molecule has 0 radical (unpaired) electrons. The van der Waals surface area contributed by atoms with Crippen molar-refractivity contribution in [2.24, 2.45) is 0 Å². The molecule has 0 aliphatic carbocycles. The zero-order valence-corrected chi connectivity index (χ0v) is 12.9. The Labute approximate surface area is 127 Å². The van der Waals surface area contributed by atoms with Crippen molar-refractivity contribution in [3.05, 3.63) is 59.7 Å². The summed E-state index contributed by atoms with van der Waals surface area (Å²) in [7, 11) is 0. The largest absolute Gasteiger partial charge is 0.379 e. The third-order valence-corrected chi connectivity index (χ3v) is 4.34. The molecule has 0 N–H and O–H groups in total. The van der Waals surface area contributed by atoms with E-state index in [2.05, 4.69) is 67.3 Å². The Bertz CT molecular complexity index is 585. The van der Waals surface area contributed by atoms with Crippen LogP contribution in [0.3, 0.4) is 0 Å². The zero-order valence-electron chi connectivity index (χ0n) is 12.9. The average molecular weight is 281 g/mol. The van der Waals surface area contributed by atoms with E-state index in [4.69, 9.17) is 4.74 Å². The number of aryl methyl sites for hydroxylation is 1. The predicted molar refractivity (Wildman–Crippen MR) is 87.4 cm³/mol. The first kappa shape index (κ1) is 14.3. The van der Waals surface area contributed by atoms with Crippen LogP contribution < -0.4 is 0 Å². The summed E-state index contributed by atoms with van der Waals surface area (Å²) in [6, 6.07) is 18.1. The Morgan fingerprint density at radius 3 is 2.33 bits per heavy atom. The van der Waals surface area contributed by atoms with Gasteiger partial charge >= 0.3 is 0 Å².